The fraction of sp³-hybridized carbons (Fsp3) is 0.318. The van der Waals surface area contributed by atoms with Crippen molar-refractivity contribution in [3.05, 3.63) is 59.0 Å². The van der Waals surface area contributed by atoms with Gasteiger partial charge in [0.15, 0.2) is 0 Å². The van der Waals surface area contributed by atoms with Crippen molar-refractivity contribution in [2.24, 2.45) is 0 Å². The average Bonchev–Trinajstić information content (AvgIpc) is 2.74. The van der Waals surface area contributed by atoms with Gasteiger partial charge in [0.2, 0.25) is 0 Å². The quantitative estimate of drug-likeness (QED) is 0.611. The molecule has 0 spiro atoms. The summed E-state index contributed by atoms with van der Waals surface area (Å²) in [6, 6.07) is 14.8. The summed E-state index contributed by atoms with van der Waals surface area (Å²) >= 11 is 0. The van der Waals surface area contributed by atoms with Crippen LogP contribution in [0.5, 0.6) is 11.5 Å². The Morgan fingerprint density at radius 3 is 2.57 bits per heavy atom. The van der Waals surface area contributed by atoms with E-state index in [0.29, 0.717) is 34.6 Å². The van der Waals surface area contributed by atoms with Crippen molar-refractivity contribution in [2.75, 3.05) is 46.6 Å². The van der Waals surface area contributed by atoms with Crippen LogP contribution >= 0.6 is 0 Å². The third-order valence-corrected chi connectivity index (χ3v) is 4.89. The molecular weight excluding hydrogens is 358 g/mol. The Kier molecular flexibility index (Phi) is 5.60. The molecule has 0 aliphatic carbocycles. The van der Waals surface area contributed by atoms with E-state index in [1.165, 1.54) is 0 Å². The van der Waals surface area contributed by atoms with Crippen LogP contribution in [0.2, 0.25) is 0 Å². The zero-order valence-corrected chi connectivity index (χ0v) is 15.8. The van der Waals surface area contributed by atoms with Gasteiger partial charge in [-0.25, -0.2) is 4.79 Å². The Morgan fingerprint density at radius 1 is 1.04 bits per heavy atom. The summed E-state index contributed by atoms with van der Waals surface area (Å²) in [5.74, 6) is 1.11. The Hall–Kier alpha value is -2.83. The Morgan fingerprint density at radius 2 is 1.82 bits per heavy atom. The molecule has 2 heterocycles. The molecule has 0 atom stereocenters. The molecule has 1 aliphatic rings. The fourth-order valence-corrected chi connectivity index (χ4v) is 3.46. The van der Waals surface area contributed by atoms with Gasteiger partial charge < -0.3 is 18.6 Å². The molecular formula is C22H23NO5. The van der Waals surface area contributed by atoms with Crippen LogP contribution in [0.4, 0.5) is 0 Å². The van der Waals surface area contributed by atoms with Crippen LogP contribution in [-0.4, -0.2) is 51.5 Å². The lowest BCUT2D eigenvalue weighted by Crippen LogP contribution is -2.38. The average molecular weight is 381 g/mol. The van der Waals surface area contributed by atoms with Crippen LogP contribution in [0.3, 0.4) is 0 Å². The largest absolute Gasteiger partial charge is 0.496 e. The molecule has 0 N–H and O–H groups in total. The summed E-state index contributed by atoms with van der Waals surface area (Å²) in [5.41, 5.74) is 1.20. The van der Waals surface area contributed by atoms with E-state index in [1.807, 2.05) is 36.4 Å². The van der Waals surface area contributed by atoms with E-state index in [2.05, 4.69) is 4.90 Å². The van der Waals surface area contributed by atoms with Crippen LogP contribution in [0.15, 0.2) is 57.7 Å². The van der Waals surface area contributed by atoms with E-state index in [9.17, 15) is 4.79 Å². The monoisotopic (exact) mass is 381 g/mol. The maximum Gasteiger partial charge on any atom is 0.347 e. The molecule has 146 valence electrons. The number of fused-ring (bicyclic) bond motifs is 1. The summed E-state index contributed by atoms with van der Waals surface area (Å²) in [6.45, 7) is 4.46. The van der Waals surface area contributed by atoms with Crippen molar-refractivity contribution in [3.8, 4) is 22.6 Å². The van der Waals surface area contributed by atoms with Crippen LogP contribution in [0.25, 0.3) is 22.1 Å². The molecule has 2 aromatic carbocycles. The van der Waals surface area contributed by atoms with Gasteiger partial charge in [-0.3, -0.25) is 4.90 Å². The van der Waals surface area contributed by atoms with E-state index >= 15 is 0 Å². The zero-order chi connectivity index (χ0) is 19.3. The fourth-order valence-electron chi connectivity index (χ4n) is 3.46. The first-order valence-electron chi connectivity index (χ1n) is 9.40. The Balaban J connectivity index is 1.77. The molecule has 0 amide bonds. The number of rotatable bonds is 6. The van der Waals surface area contributed by atoms with Crippen molar-refractivity contribution in [1.29, 1.82) is 0 Å². The molecule has 4 rings (SSSR count). The second kappa shape index (κ2) is 8.46. The summed E-state index contributed by atoms with van der Waals surface area (Å²) in [6.07, 6.45) is 0. The number of morpholine rings is 1. The molecule has 28 heavy (non-hydrogen) atoms. The first-order valence-corrected chi connectivity index (χ1v) is 9.40. The maximum atomic E-state index is 12.8. The van der Waals surface area contributed by atoms with E-state index in [0.717, 1.165) is 38.4 Å². The van der Waals surface area contributed by atoms with Gasteiger partial charge in [0.05, 0.1) is 20.3 Å². The Bertz CT molecular complexity index is 993. The summed E-state index contributed by atoms with van der Waals surface area (Å²) in [5, 5.41) is 0.672. The molecule has 0 bridgehead atoms. The highest BCUT2D eigenvalue weighted by molar-refractivity contribution is 5.95. The van der Waals surface area contributed by atoms with Crippen molar-refractivity contribution < 1.29 is 18.6 Å². The highest BCUT2D eigenvalue weighted by atomic mass is 16.5. The van der Waals surface area contributed by atoms with Crippen LogP contribution in [0, 0.1) is 0 Å². The second-order valence-corrected chi connectivity index (χ2v) is 6.60. The van der Waals surface area contributed by atoms with Gasteiger partial charge in [0.1, 0.15) is 34.6 Å². The van der Waals surface area contributed by atoms with E-state index < -0.39 is 5.63 Å². The summed E-state index contributed by atoms with van der Waals surface area (Å²) in [7, 11) is 1.60. The smallest absolute Gasteiger partial charge is 0.347 e. The van der Waals surface area contributed by atoms with Crippen LogP contribution < -0.4 is 15.1 Å². The highest BCUT2D eigenvalue weighted by Crippen LogP contribution is 2.39. The van der Waals surface area contributed by atoms with E-state index in [1.54, 1.807) is 19.2 Å². The lowest BCUT2D eigenvalue weighted by Gasteiger charge is -2.26. The molecule has 1 aromatic heterocycles. The third kappa shape index (κ3) is 3.74. The van der Waals surface area contributed by atoms with Crippen molar-refractivity contribution >= 4 is 11.0 Å². The number of benzene rings is 2. The zero-order valence-electron chi connectivity index (χ0n) is 15.8. The SMILES string of the molecule is COc1cccc2oc(=O)c(-c3ccccc3)c(OCCN3CCOCC3)c12. The first-order chi connectivity index (χ1) is 13.8. The predicted octanol–water partition coefficient (Wildman–Crippen LogP) is 3.18. The Labute approximate surface area is 163 Å². The molecule has 0 saturated carbocycles. The molecule has 3 aromatic rings. The van der Waals surface area contributed by atoms with E-state index in [4.69, 9.17) is 18.6 Å². The van der Waals surface area contributed by atoms with E-state index in [-0.39, 0.29) is 0 Å². The van der Waals surface area contributed by atoms with Gasteiger partial charge in [0.25, 0.3) is 0 Å². The lowest BCUT2D eigenvalue weighted by molar-refractivity contribution is 0.0323. The lowest BCUT2D eigenvalue weighted by atomic mass is 10.0. The predicted molar refractivity (Wildman–Crippen MR) is 107 cm³/mol. The maximum absolute atomic E-state index is 12.8. The standard InChI is InChI=1S/C22H23NO5/c1-25-17-8-5-9-18-20(17)21(27-15-12-23-10-13-26-14-11-23)19(22(24)28-18)16-6-3-2-4-7-16/h2-9H,10-15H2,1H3. The number of nitrogens with zero attached hydrogens (tertiary/aromatic N) is 1. The second-order valence-electron chi connectivity index (χ2n) is 6.60. The van der Waals surface area contributed by atoms with Crippen molar-refractivity contribution in [2.45, 2.75) is 0 Å². The number of hydrogen-bond donors (Lipinski definition) is 0. The number of hydrogen-bond acceptors (Lipinski definition) is 6. The molecule has 1 saturated heterocycles. The molecule has 6 nitrogen and oxygen atoms in total. The highest BCUT2D eigenvalue weighted by Gasteiger charge is 2.21. The summed E-state index contributed by atoms with van der Waals surface area (Å²) in [4.78, 5) is 15.1. The summed E-state index contributed by atoms with van der Waals surface area (Å²) < 4.78 is 22.7. The minimum Gasteiger partial charge on any atom is -0.496 e. The van der Waals surface area contributed by atoms with Gasteiger partial charge in [-0.1, -0.05) is 36.4 Å². The molecule has 0 unspecified atom stereocenters. The minimum atomic E-state index is -0.423. The van der Waals surface area contributed by atoms with Gasteiger partial charge in [-0.05, 0) is 17.7 Å². The van der Waals surface area contributed by atoms with Gasteiger partial charge in [-0.2, -0.15) is 0 Å². The van der Waals surface area contributed by atoms with Crippen molar-refractivity contribution in [1.82, 2.24) is 4.90 Å². The van der Waals surface area contributed by atoms with Crippen LogP contribution in [-0.2, 0) is 4.74 Å². The number of methoxy groups -OCH3 is 1. The topological polar surface area (TPSA) is 61.1 Å². The first kappa shape index (κ1) is 18.5. The number of ether oxygens (including phenoxy) is 3. The van der Waals surface area contributed by atoms with Gasteiger partial charge in [-0.15, -0.1) is 0 Å². The van der Waals surface area contributed by atoms with Gasteiger partial charge >= 0.3 is 5.63 Å². The molecule has 1 aliphatic heterocycles. The van der Waals surface area contributed by atoms with Crippen LogP contribution in [0.1, 0.15) is 0 Å². The van der Waals surface area contributed by atoms with Crippen molar-refractivity contribution in [3.63, 3.8) is 0 Å². The third-order valence-electron chi connectivity index (χ3n) is 4.89. The molecule has 0 radical (unpaired) electrons. The molecule has 6 heteroatoms. The minimum absolute atomic E-state index is 0.416. The normalized spacial score (nSPS) is 14.9. The molecule has 1 fully saturated rings. The van der Waals surface area contributed by atoms with Gasteiger partial charge in [0, 0.05) is 19.6 Å².